The fraction of sp³-hybridized carbons (Fsp3) is 0.250. The summed E-state index contributed by atoms with van der Waals surface area (Å²) in [5.41, 5.74) is 0.844. The third kappa shape index (κ3) is 4.31. The topological polar surface area (TPSA) is 69.7 Å². The number of benzene rings is 2. The van der Waals surface area contributed by atoms with E-state index in [9.17, 15) is 18.8 Å². The Kier molecular flexibility index (Phi) is 5.94. The Morgan fingerprint density at radius 2 is 1.57 bits per heavy atom. The quantitative estimate of drug-likeness (QED) is 0.856. The number of piperazine rings is 1. The summed E-state index contributed by atoms with van der Waals surface area (Å²) < 4.78 is 14.0. The third-order valence-corrected chi connectivity index (χ3v) is 4.78. The van der Waals surface area contributed by atoms with Gasteiger partial charge < -0.3 is 15.1 Å². The molecule has 1 N–H and O–H groups in total. The van der Waals surface area contributed by atoms with Crippen molar-refractivity contribution >= 4 is 35.0 Å². The monoisotopic (exact) mass is 403 g/mol. The highest BCUT2D eigenvalue weighted by Crippen LogP contribution is 2.22. The average Bonchev–Trinajstić information content (AvgIpc) is 2.67. The molecule has 1 heterocycles. The summed E-state index contributed by atoms with van der Waals surface area (Å²) in [4.78, 5) is 39.6. The molecule has 1 saturated heterocycles. The lowest BCUT2D eigenvalue weighted by Crippen LogP contribution is -2.50. The van der Waals surface area contributed by atoms with Gasteiger partial charge in [0.1, 0.15) is 5.82 Å². The van der Waals surface area contributed by atoms with Crippen molar-refractivity contribution in [2.75, 3.05) is 31.5 Å². The van der Waals surface area contributed by atoms with E-state index >= 15 is 0 Å². The maximum Gasteiger partial charge on any atom is 0.258 e. The molecule has 146 valence electrons. The largest absolute Gasteiger partial charge is 0.335 e. The van der Waals surface area contributed by atoms with Gasteiger partial charge in [0, 0.05) is 44.4 Å². The molecule has 0 bridgehead atoms. The van der Waals surface area contributed by atoms with Gasteiger partial charge >= 0.3 is 0 Å². The van der Waals surface area contributed by atoms with Crippen LogP contribution in [0.3, 0.4) is 0 Å². The molecule has 3 rings (SSSR count). The van der Waals surface area contributed by atoms with Crippen LogP contribution in [0.4, 0.5) is 10.1 Å². The first-order chi connectivity index (χ1) is 13.4. The second-order valence-electron chi connectivity index (χ2n) is 6.44. The van der Waals surface area contributed by atoms with E-state index in [4.69, 9.17) is 11.6 Å². The summed E-state index contributed by atoms with van der Waals surface area (Å²) in [5, 5.41) is 2.71. The molecule has 0 aromatic heterocycles. The van der Waals surface area contributed by atoms with Crippen LogP contribution in [0, 0.1) is 5.82 Å². The van der Waals surface area contributed by atoms with Gasteiger partial charge in [-0.15, -0.1) is 0 Å². The Morgan fingerprint density at radius 3 is 2.18 bits per heavy atom. The van der Waals surface area contributed by atoms with Gasteiger partial charge in [-0.25, -0.2) is 4.39 Å². The van der Waals surface area contributed by atoms with E-state index in [2.05, 4.69) is 5.32 Å². The third-order valence-electron chi connectivity index (χ3n) is 4.46. The second kappa shape index (κ2) is 8.39. The highest BCUT2D eigenvalue weighted by atomic mass is 35.5. The van der Waals surface area contributed by atoms with Crippen molar-refractivity contribution in [3.63, 3.8) is 0 Å². The lowest BCUT2D eigenvalue weighted by atomic mass is 10.1. The summed E-state index contributed by atoms with van der Waals surface area (Å²) in [7, 11) is 0. The van der Waals surface area contributed by atoms with Crippen LogP contribution in [0.2, 0.25) is 5.02 Å². The van der Waals surface area contributed by atoms with Gasteiger partial charge in [0.15, 0.2) is 0 Å². The van der Waals surface area contributed by atoms with E-state index in [0.717, 1.165) is 0 Å². The Balaban J connectivity index is 1.66. The maximum atomic E-state index is 14.0. The molecular formula is C20H19ClFN3O3. The van der Waals surface area contributed by atoms with Crippen LogP contribution in [0.25, 0.3) is 0 Å². The highest BCUT2D eigenvalue weighted by molar-refractivity contribution is 6.33. The number of anilines is 1. The lowest BCUT2D eigenvalue weighted by Gasteiger charge is -2.35. The maximum absolute atomic E-state index is 14.0. The lowest BCUT2D eigenvalue weighted by molar-refractivity contribution is -0.114. The van der Waals surface area contributed by atoms with Gasteiger partial charge in [-0.3, -0.25) is 14.4 Å². The number of hydrogen-bond donors (Lipinski definition) is 1. The van der Waals surface area contributed by atoms with Crippen molar-refractivity contribution in [3.05, 3.63) is 64.4 Å². The van der Waals surface area contributed by atoms with Crippen molar-refractivity contribution in [2.24, 2.45) is 0 Å². The molecule has 2 aromatic carbocycles. The zero-order chi connectivity index (χ0) is 20.3. The standard InChI is InChI=1S/C20H19ClFN3O3/c1-13(26)23-15-5-2-4-14(12-15)19(27)24-8-10-25(11-9-24)20(28)18-16(21)6-3-7-17(18)22/h2-7,12H,8-11H2,1H3,(H,23,26). The van der Waals surface area contributed by atoms with E-state index in [1.165, 1.54) is 30.0 Å². The molecule has 2 aromatic rings. The molecule has 1 fully saturated rings. The number of amides is 3. The zero-order valence-electron chi connectivity index (χ0n) is 15.2. The molecule has 6 nitrogen and oxygen atoms in total. The Bertz CT molecular complexity index is 906. The van der Waals surface area contributed by atoms with Crippen LogP contribution in [-0.2, 0) is 4.79 Å². The Labute approximate surface area is 166 Å². The zero-order valence-corrected chi connectivity index (χ0v) is 16.0. The molecule has 0 radical (unpaired) electrons. The number of carbonyl (C=O) groups excluding carboxylic acids is 3. The van der Waals surface area contributed by atoms with E-state index in [0.29, 0.717) is 24.3 Å². The number of rotatable bonds is 3. The van der Waals surface area contributed by atoms with E-state index < -0.39 is 11.7 Å². The highest BCUT2D eigenvalue weighted by Gasteiger charge is 2.28. The minimum atomic E-state index is -0.661. The molecule has 3 amide bonds. The van der Waals surface area contributed by atoms with Crippen LogP contribution in [-0.4, -0.2) is 53.7 Å². The molecule has 8 heteroatoms. The first-order valence-electron chi connectivity index (χ1n) is 8.77. The number of nitrogens with zero attached hydrogens (tertiary/aromatic N) is 2. The van der Waals surface area contributed by atoms with Gasteiger partial charge in [-0.05, 0) is 30.3 Å². The minimum absolute atomic E-state index is 0.0679. The smallest absolute Gasteiger partial charge is 0.258 e. The second-order valence-corrected chi connectivity index (χ2v) is 6.85. The van der Waals surface area contributed by atoms with Crippen molar-refractivity contribution in [2.45, 2.75) is 6.92 Å². The van der Waals surface area contributed by atoms with Gasteiger partial charge in [0.05, 0.1) is 10.6 Å². The van der Waals surface area contributed by atoms with Crippen molar-refractivity contribution in [1.29, 1.82) is 0 Å². The van der Waals surface area contributed by atoms with Gasteiger partial charge in [-0.2, -0.15) is 0 Å². The number of halogens is 2. The molecular weight excluding hydrogens is 385 g/mol. The molecule has 1 aliphatic rings. The average molecular weight is 404 g/mol. The van der Waals surface area contributed by atoms with Crippen LogP contribution in [0.1, 0.15) is 27.6 Å². The normalized spacial score (nSPS) is 14.0. The molecule has 1 aliphatic heterocycles. The Morgan fingerprint density at radius 1 is 0.964 bits per heavy atom. The number of hydrogen-bond acceptors (Lipinski definition) is 3. The Hall–Kier alpha value is -2.93. The molecule has 0 saturated carbocycles. The molecule has 0 spiro atoms. The molecule has 28 heavy (non-hydrogen) atoms. The fourth-order valence-corrected chi connectivity index (χ4v) is 3.33. The number of nitrogens with one attached hydrogen (secondary N) is 1. The summed E-state index contributed by atoms with van der Waals surface area (Å²) in [6.07, 6.45) is 0. The van der Waals surface area contributed by atoms with Gasteiger partial charge in [0.2, 0.25) is 5.91 Å². The first kappa shape index (κ1) is 19.8. The number of carbonyl (C=O) groups is 3. The molecule has 0 unspecified atom stereocenters. The van der Waals surface area contributed by atoms with Gasteiger partial charge in [0.25, 0.3) is 11.8 Å². The van der Waals surface area contributed by atoms with E-state index in [1.807, 2.05) is 0 Å². The van der Waals surface area contributed by atoms with Crippen LogP contribution in [0.5, 0.6) is 0 Å². The van der Waals surface area contributed by atoms with Crippen LogP contribution in [0.15, 0.2) is 42.5 Å². The predicted octanol–water partition coefficient (Wildman–Crippen LogP) is 3.04. The molecule has 0 aliphatic carbocycles. The minimum Gasteiger partial charge on any atom is -0.335 e. The molecule has 0 atom stereocenters. The SMILES string of the molecule is CC(=O)Nc1cccc(C(=O)N2CCN(C(=O)c3c(F)cccc3Cl)CC2)c1. The summed E-state index contributed by atoms with van der Waals surface area (Å²) in [5.74, 6) is -1.56. The fourth-order valence-electron chi connectivity index (χ4n) is 3.09. The summed E-state index contributed by atoms with van der Waals surface area (Å²) in [6.45, 7) is 2.59. The van der Waals surface area contributed by atoms with E-state index in [1.54, 1.807) is 29.2 Å². The van der Waals surface area contributed by atoms with Crippen LogP contribution < -0.4 is 5.32 Å². The van der Waals surface area contributed by atoms with Gasteiger partial charge in [-0.1, -0.05) is 23.7 Å². The summed E-state index contributed by atoms with van der Waals surface area (Å²) in [6, 6.07) is 10.8. The first-order valence-corrected chi connectivity index (χ1v) is 9.15. The van der Waals surface area contributed by atoms with Crippen molar-refractivity contribution < 1.29 is 18.8 Å². The summed E-state index contributed by atoms with van der Waals surface area (Å²) >= 11 is 5.97. The predicted molar refractivity (Wildman–Crippen MR) is 104 cm³/mol. The van der Waals surface area contributed by atoms with Crippen molar-refractivity contribution in [3.8, 4) is 0 Å². The van der Waals surface area contributed by atoms with Crippen molar-refractivity contribution in [1.82, 2.24) is 9.80 Å². The van der Waals surface area contributed by atoms with E-state index in [-0.39, 0.29) is 35.5 Å². The van der Waals surface area contributed by atoms with Crippen LogP contribution >= 0.6 is 11.6 Å².